The van der Waals surface area contributed by atoms with Gasteiger partial charge >= 0.3 is 0 Å². The normalized spacial score (nSPS) is 12.2. The average molecular weight is 453 g/mol. The molecule has 0 fully saturated rings. The Hall–Kier alpha value is -2.49. The summed E-state index contributed by atoms with van der Waals surface area (Å²) >= 11 is 5.92. The quantitative estimate of drug-likeness (QED) is 0.612. The van der Waals surface area contributed by atoms with Gasteiger partial charge in [0.05, 0.1) is 15.6 Å². The fourth-order valence-electron chi connectivity index (χ4n) is 2.89. The van der Waals surface area contributed by atoms with Crippen molar-refractivity contribution in [3.63, 3.8) is 0 Å². The zero-order valence-electron chi connectivity index (χ0n) is 16.9. The van der Waals surface area contributed by atoms with Crippen LogP contribution in [0.1, 0.15) is 32.2 Å². The van der Waals surface area contributed by atoms with E-state index < -0.39 is 15.8 Å². The second-order valence-corrected chi connectivity index (χ2v) is 9.94. The van der Waals surface area contributed by atoms with Crippen LogP contribution in [-0.2, 0) is 29.1 Å². The van der Waals surface area contributed by atoms with Crippen LogP contribution in [0.25, 0.3) is 11.4 Å². The minimum Gasteiger partial charge on any atom is -0.388 e. The zero-order valence-corrected chi connectivity index (χ0v) is 18.5. The van der Waals surface area contributed by atoms with Crippen molar-refractivity contribution in [2.45, 2.75) is 37.7 Å². The summed E-state index contributed by atoms with van der Waals surface area (Å²) in [7, 11) is -2.42. The van der Waals surface area contributed by atoms with Crippen LogP contribution in [0, 0.1) is 5.82 Å². The SMILES string of the molecule is Cn1c(CO)nnc1-c1cc(Cl)c(F)cc1NS(=O)(=O)c1ccc(C(C)(C)C)cc1. The fourth-order valence-corrected chi connectivity index (χ4v) is 4.12. The summed E-state index contributed by atoms with van der Waals surface area (Å²) in [6, 6.07) is 8.75. The van der Waals surface area contributed by atoms with Gasteiger partial charge < -0.3 is 9.67 Å². The number of benzene rings is 2. The van der Waals surface area contributed by atoms with E-state index in [4.69, 9.17) is 11.6 Å². The summed E-state index contributed by atoms with van der Waals surface area (Å²) in [5.41, 5.74) is 1.04. The number of aromatic nitrogens is 3. The lowest BCUT2D eigenvalue weighted by molar-refractivity contribution is 0.267. The van der Waals surface area contributed by atoms with Gasteiger partial charge in [-0.05, 0) is 29.2 Å². The van der Waals surface area contributed by atoms with Gasteiger partial charge in [-0.1, -0.05) is 44.5 Å². The van der Waals surface area contributed by atoms with Crippen molar-refractivity contribution in [1.82, 2.24) is 14.8 Å². The van der Waals surface area contributed by atoms with E-state index in [1.807, 2.05) is 20.8 Å². The summed E-state index contributed by atoms with van der Waals surface area (Å²) in [5, 5.41) is 16.9. The van der Waals surface area contributed by atoms with E-state index in [0.717, 1.165) is 11.6 Å². The molecule has 7 nitrogen and oxygen atoms in total. The number of anilines is 1. The first-order chi connectivity index (χ1) is 13.9. The predicted molar refractivity (Wildman–Crippen MR) is 113 cm³/mol. The lowest BCUT2D eigenvalue weighted by Gasteiger charge is -2.19. The van der Waals surface area contributed by atoms with Crippen molar-refractivity contribution >= 4 is 27.3 Å². The molecule has 0 aliphatic rings. The molecule has 0 bridgehead atoms. The molecule has 3 rings (SSSR count). The first kappa shape index (κ1) is 22.2. The van der Waals surface area contributed by atoms with E-state index in [0.29, 0.717) is 0 Å². The zero-order chi connectivity index (χ0) is 22.3. The molecule has 0 saturated carbocycles. The second kappa shape index (κ2) is 7.98. The van der Waals surface area contributed by atoms with Crippen LogP contribution >= 0.6 is 11.6 Å². The van der Waals surface area contributed by atoms with E-state index in [-0.39, 0.29) is 44.8 Å². The van der Waals surface area contributed by atoms with Crippen molar-refractivity contribution in [3.8, 4) is 11.4 Å². The lowest BCUT2D eigenvalue weighted by Crippen LogP contribution is -2.16. The van der Waals surface area contributed by atoms with Gasteiger partial charge in [-0.3, -0.25) is 4.72 Å². The maximum Gasteiger partial charge on any atom is 0.261 e. The summed E-state index contributed by atoms with van der Waals surface area (Å²) in [5.74, 6) is -0.301. The molecule has 0 saturated heterocycles. The number of sulfonamides is 1. The third-order valence-corrected chi connectivity index (χ3v) is 6.35. The average Bonchev–Trinajstić information content (AvgIpc) is 3.04. The summed E-state index contributed by atoms with van der Waals surface area (Å²) < 4.78 is 43.9. The van der Waals surface area contributed by atoms with Crippen LogP contribution in [-0.4, -0.2) is 28.3 Å². The van der Waals surface area contributed by atoms with E-state index in [2.05, 4.69) is 14.9 Å². The molecule has 0 radical (unpaired) electrons. The van der Waals surface area contributed by atoms with Crippen LogP contribution < -0.4 is 4.72 Å². The Morgan fingerprint density at radius 1 is 1.17 bits per heavy atom. The molecule has 0 amide bonds. The Kier molecular flexibility index (Phi) is 5.90. The second-order valence-electron chi connectivity index (χ2n) is 7.85. The maximum absolute atomic E-state index is 14.2. The number of nitrogens with one attached hydrogen (secondary N) is 1. The fraction of sp³-hybridized carbons (Fsp3) is 0.300. The van der Waals surface area contributed by atoms with Crippen LogP contribution in [0.2, 0.25) is 5.02 Å². The molecule has 0 atom stereocenters. The largest absolute Gasteiger partial charge is 0.388 e. The molecule has 160 valence electrons. The van der Waals surface area contributed by atoms with Crippen molar-refractivity contribution in [2.75, 3.05) is 4.72 Å². The molecule has 0 spiro atoms. The standard InChI is InChI=1S/C20H22ClFN4O3S/c1-20(2,3)12-5-7-13(8-6-12)30(28,29)25-17-10-16(22)15(21)9-14(17)19-24-23-18(11-27)26(19)4/h5-10,25,27H,11H2,1-4H3. The number of nitrogens with zero attached hydrogens (tertiary/aromatic N) is 3. The number of hydrogen-bond donors (Lipinski definition) is 2. The van der Waals surface area contributed by atoms with E-state index in [1.54, 1.807) is 19.2 Å². The lowest BCUT2D eigenvalue weighted by atomic mass is 9.87. The molecule has 3 aromatic rings. The van der Waals surface area contributed by atoms with Gasteiger partial charge in [-0.15, -0.1) is 10.2 Å². The number of hydrogen-bond acceptors (Lipinski definition) is 5. The molecule has 0 unspecified atom stereocenters. The van der Waals surface area contributed by atoms with Gasteiger partial charge in [0.25, 0.3) is 10.0 Å². The number of aliphatic hydroxyl groups excluding tert-OH is 1. The highest BCUT2D eigenvalue weighted by molar-refractivity contribution is 7.92. The van der Waals surface area contributed by atoms with Crippen molar-refractivity contribution in [3.05, 3.63) is 58.6 Å². The molecule has 1 heterocycles. The third kappa shape index (κ3) is 4.33. The van der Waals surface area contributed by atoms with E-state index in [9.17, 15) is 17.9 Å². The molecule has 2 aromatic carbocycles. The summed E-state index contributed by atoms with van der Waals surface area (Å²) in [4.78, 5) is 0.0332. The molecule has 30 heavy (non-hydrogen) atoms. The van der Waals surface area contributed by atoms with Gasteiger partial charge in [0.15, 0.2) is 11.6 Å². The summed E-state index contributed by atoms with van der Waals surface area (Å²) in [6.07, 6.45) is 0. The summed E-state index contributed by atoms with van der Waals surface area (Å²) in [6.45, 7) is 5.72. The van der Waals surface area contributed by atoms with Crippen molar-refractivity contribution in [1.29, 1.82) is 0 Å². The minimum absolute atomic E-state index is 0.0332. The van der Waals surface area contributed by atoms with Gasteiger partial charge in [0.2, 0.25) is 0 Å². The maximum atomic E-state index is 14.2. The molecule has 0 aliphatic heterocycles. The van der Waals surface area contributed by atoms with Crippen LogP contribution in [0.15, 0.2) is 41.3 Å². The Bertz CT molecular complexity index is 1190. The first-order valence-corrected chi connectivity index (χ1v) is 10.9. The van der Waals surface area contributed by atoms with Crippen LogP contribution in [0.4, 0.5) is 10.1 Å². The third-order valence-electron chi connectivity index (χ3n) is 4.68. The Morgan fingerprint density at radius 2 is 1.80 bits per heavy atom. The van der Waals surface area contributed by atoms with Gasteiger partial charge in [-0.25, -0.2) is 12.8 Å². The molecule has 2 N–H and O–H groups in total. The van der Waals surface area contributed by atoms with E-state index in [1.165, 1.54) is 22.8 Å². The Balaban J connectivity index is 2.05. The van der Waals surface area contributed by atoms with Gasteiger partial charge in [0.1, 0.15) is 12.4 Å². The van der Waals surface area contributed by atoms with Crippen LogP contribution in [0.3, 0.4) is 0 Å². The number of rotatable bonds is 5. The molecule has 1 aromatic heterocycles. The molecule has 0 aliphatic carbocycles. The highest BCUT2D eigenvalue weighted by Crippen LogP contribution is 2.33. The van der Waals surface area contributed by atoms with Crippen LogP contribution in [0.5, 0.6) is 0 Å². The number of halogens is 2. The predicted octanol–water partition coefficient (Wildman–Crippen LogP) is 3.87. The number of aliphatic hydroxyl groups is 1. The van der Waals surface area contributed by atoms with Gasteiger partial charge in [-0.2, -0.15) is 0 Å². The topological polar surface area (TPSA) is 97.1 Å². The van der Waals surface area contributed by atoms with Gasteiger partial charge in [0, 0.05) is 18.7 Å². The monoisotopic (exact) mass is 452 g/mol. The highest BCUT2D eigenvalue weighted by Gasteiger charge is 2.22. The Labute approximate surface area is 179 Å². The van der Waals surface area contributed by atoms with Crippen molar-refractivity contribution in [2.24, 2.45) is 7.05 Å². The van der Waals surface area contributed by atoms with Crippen molar-refractivity contribution < 1.29 is 17.9 Å². The smallest absolute Gasteiger partial charge is 0.261 e. The molecule has 10 heteroatoms. The van der Waals surface area contributed by atoms with E-state index >= 15 is 0 Å². The molecular formula is C20H22ClFN4O3S. The molecular weight excluding hydrogens is 431 g/mol. The Morgan fingerprint density at radius 3 is 2.33 bits per heavy atom. The highest BCUT2D eigenvalue weighted by atomic mass is 35.5. The minimum atomic E-state index is -4.01. The first-order valence-electron chi connectivity index (χ1n) is 9.06.